The molecule has 0 aliphatic heterocycles. The Kier molecular flexibility index (Phi) is 6.39. The quantitative estimate of drug-likeness (QED) is 0.186. The molecule has 2 heterocycles. The van der Waals surface area contributed by atoms with Gasteiger partial charge in [-0.15, -0.1) is 11.3 Å². The summed E-state index contributed by atoms with van der Waals surface area (Å²) in [5.74, 6) is 0. The summed E-state index contributed by atoms with van der Waals surface area (Å²) in [5.41, 5.74) is 10.0. The first-order chi connectivity index (χ1) is 24.3. The Morgan fingerprint density at radius 3 is 2.00 bits per heavy atom. The second-order valence-corrected chi connectivity index (χ2v) is 13.6. The van der Waals surface area contributed by atoms with Crippen LogP contribution < -0.4 is 4.90 Å². The van der Waals surface area contributed by atoms with Crippen molar-refractivity contribution >= 4 is 81.3 Å². The van der Waals surface area contributed by atoms with Gasteiger partial charge in [-0.05, 0) is 87.6 Å². The SMILES string of the molecule is c1ccc(-c2ccc(N(c3ccc(-c4ccc5ccccc5c4)cc3)c3ccc4oc5ccccc5c4c3)c3c2sc2ccccc23)cc1. The summed E-state index contributed by atoms with van der Waals surface area (Å²) < 4.78 is 8.83. The molecule has 2 nitrogen and oxygen atoms in total. The molecule has 0 saturated carbocycles. The second-order valence-electron chi connectivity index (χ2n) is 12.5. The summed E-state index contributed by atoms with van der Waals surface area (Å²) in [4.78, 5) is 2.42. The minimum absolute atomic E-state index is 0.891. The largest absolute Gasteiger partial charge is 0.456 e. The molecular formula is C46H29NOS. The number of hydrogen-bond acceptors (Lipinski definition) is 3. The summed E-state index contributed by atoms with van der Waals surface area (Å²) >= 11 is 1.87. The predicted octanol–water partition coefficient (Wildman–Crippen LogP) is 13.9. The monoisotopic (exact) mass is 643 g/mol. The van der Waals surface area contributed by atoms with Gasteiger partial charge in [-0.3, -0.25) is 0 Å². The van der Waals surface area contributed by atoms with Gasteiger partial charge in [0.15, 0.2) is 0 Å². The molecule has 230 valence electrons. The smallest absolute Gasteiger partial charge is 0.135 e. The molecule has 0 fully saturated rings. The van der Waals surface area contributed by atoms with Crippen LogP contribution in [0.25, 0.3) is 75.1 Å². The lowest BCUT2D eigenvalue weighted by atomic mass is 9.99. The van der Waals surface area contributed by atoms with E-state index in [2.05, 4.69) is 169 Å². The van der Waals surface area contributed by atoms with Crippen LogP contribution in [0.15, 0.2) is 180 Å². The normalized spacial score (nSPS) is 11.7. The standard InChI is InChI=1S/C46H29NOS/c1-2-11-32(12-3-1)37-25-26-41(45-39-15-7-9-17-44(39)49-46(37)45)47(36-24-27-43-40(29-36)38-14-6-8-16-42(38)48-43)35-22-20-31(21-23-35)34-19-18-30-10-4-5-13-33(30)28-34/h1-29H. The first-order valence-corrected chi connectivity index (χ1v) is 17.4. The van der Waals surface area contributed by atoms with Crippen LogP contribution in [-0.4, -0.2) is 0 Å². The lowest BCUT2D eigenvalue weighted by Gasteiger charge is -2.27. The Labute approximate surface area is 287 Å². The summed E-state index contributed by atoms with van der Waals surface area (Å²) in [6, 6.07) is 63.3. The molecule has 0 spiro atoms. The summed E-state index contributed by atoms with van der Waals surface area (Å²) in [6.07, 6.45) is 0. The second kappa shape index (κ2) is 11.2. The molecule has 0 aliphatic carbocycles. The molecule has 8 aromatic carbocycles. The Balaban J connectivity index is 1.21. The number of thiophene rings is 1. The fraction of sp³-hybridized carbons (Fsp3) is 0. The minimum atomic E-state index is 0.891. The van der Waals surface area contributed by atoms with Crippen LogP contribution in [0.5, 0.6) is 0 Å². The molecule has 10 rings (SSSR count). The van der Waals surface area contributed by atoms with Gasteiger partial charge in [0.2, 0.25) is 0 Å². The molecule has 0 amide bonds. The number of fused-ring (bicyclic) bond motifs is 7. The van der Waals surface area contributed by atoms with Crippen molar-refractivity contribution in [2.45, 2.75) is 0 Å². The average molecular weight is 644 g/mol. The van der Waals surface area contributed by atoms with Crippen LogP contribution in [0.1, 0.15) is 0 Å². The van der Waals surface area contributed by atoms with Crippen molar-refractivity contribution in [3.05, 3.63) is 176 Å². The van der Waals surface area contributed by atoms with E-state index in [4.69, 9.17) is 4.42 Å². The predicted molar refractivity (Wildman–Crippen MR) is 210 cm³/mol. The zero-order chi connectivity index (χ0) is 32.3. The van der Waals surface area contributed by atoms with Gasteiger partial charge in [-0.1, -0.05) is 121 Å². The maximum atomic E-state index is 6.26. The van der Waals surface area contributed by atoms with Crippen molar-refractivity contribution in [2.75, 3.05) is 4.90 Å². The van der Waals surface area contributed by atoms with Gasteiger partial charge in [0, 0.05) is 42.3 Å². The number of hydrogen-bond donors (Lipinski definition) is 0. The topological polar surface area (TPSA) is 16.4 Å². The van der Waals surface area contributed by atoms with Gasteiger partial charge in [0.1, 0.15) is 11.2 Å². The number of anilines is 3. The Morgan fingerprint density at radius 1 is 0.429 bits per heavy atom. The highest BCUT2D eigenvalue weighted by Gasteiger charge is 2.22. The zero-order valence-electron chi connectivity index (χ0n) is 26.5. The van der Waals surface area contributed by atoms with Crippen LogP contribution in [0.2, 0.25) is 0 Å². The highest BCUT2D eigenvalue weighted by atomic mass is 32.1. The number of para-hydroxylation sites is 1. The van der Waals surface area contributed by atoms with Crippen molar-refractivity contribution in [1.29, 1.82) is 0 Å². The molecule has 0 bridgehead atoms. The van der Waals surface area contributed by atoms with Crippen LogP contribution >= 0.6 is 11.3 Å². The van der Waals surface area contributed by atoms with E-state index in [1.54, 1.807) is 0 Å². The maximum absolute atomic E-state index is 6.26. The van der Waals surface area contributed by atoms with E-state index in [1.165, 1.54) is 53.2 Å². The van der Waals surface area contributed by atoms with Crippen LogP contribution in [0, 0.1) is 0 Å². The van der Waals surface area contributed by atoms with Gasteiger partial charge in [0.25, 0.3) is 0 Å². The maximum Gasteiger partial charge on any atom is 0.135 e. The van der Waals surface area contributed by atoms with E-state index in [1.807, 2.05) is 23.5 Å². The van der Waals surface area contributed by atoms with E-state index in [0.29, 0.717) is 0 Å². The molecule has 49 heavy (non-hydrogen) atoms. The molecule has 0 saturated heterocycles. The molecular weight excluding hydrogens is 615 g/mol. The van der Waals surface area contributed by atoms with E-state index in [9.17, 15) is 0 Å². The fourth-order valence-corrected chi connectivity index (χ4v) is 8.55. The zero-order valence-corrected chi connectivity index (χ0v) is 27.3. The average Bonchev–Trinajstić information content (AvgIpc) is 3.74. The fourth-order valence-electron chi connectivity index (χ4n) is 7.29. The van der Waals surface area contributed by atoms with Gasteiger partial charge in [-0.25, -0.2) is 0 Å². The molecule has 0 unspecified atom stereocenters. The third-order valence-electron chi connectivity index (χ3n) is 9.66. The van der Waals surface area contributed by atoms with Crippen molar-refractivity contribution in [1.82, 2.24) is 0 Å². The summed E-state index contributed by atoms with van der Waals surface area (Å²) in [6.45, 7) is 0. The van der Waals surface area contributed by atoms with Gasteiger partial charge < -0.3 is 9.32 Å². The van der Waals surface area contributed by atoms with E-state index < -0.39 is 0 Å². The van der Waals surface area contributed by atoms with Crippen molar-refractivity contribution < 1.29 is 4.42 Å². The lowest BCUT2D eigenvalue weighted by molar-refractivity contribution is 0.669. The van der Waals surface area contributed by atoms with Gasteiger partial charge in [0.05, 0.1) is 5.69 Å². The van der Waals surface area contributed by atoms with Crippen LogP contribution in [-0.2, 0) is 0 Å². The van der Waals surface area contributed by atoms with E-state index >= 15 is 0 Å². The molecule has 0 N–H and O–H groups in total. The minimum Gasteiger partial charge on any atom is -0.456 e. The third-order valence-corrected chi connectivity index (χ3v) is 10.9. The highest BCUT2D eigenvalue weighted by Crippen LogP contribution is 2.49. The third kappa shape index (κ3) is 4.62. The number of rotatable bonds is 5. The van der Waals surface area contributed by atoms with E-state index in [-0.39, 0.29) is 0 Å². The van der Waals surface area contributed by atoms with Crippen molar-refractivity contribution in [2.24, 2.45) is 0 Å². The highest BCUT2D eigenvalue weighted by molar-refractivity contribution is 7.26. The molecule has 0 aliphatic rings. The van der Waals surface area contributed by atoms with Crippen LogP contribution in [0.4, 0.5) is 17.1 Å². The van der Waals surface area contributed by atoms with Crippen LogP contribution in [0.3, 0.4) is 0 Å². The Morgan fingerprint density at radius 2 is 1.12 bits per heavy atom. The van der Waals surface area contributed by atoms with E-state index in [0.717, 1.165) is 39.0 Å². The summed E-state index contributed by atoms with van der Waals surface area (Å²) in [5, 5.41) is 7.26. The Hall–Kier alpha value is -6.16. The molecule has 0 atom stereocenters. The molecule has 2 aromatic heterocycles. The van der Waals surface area contributed by atoms with Gasteiger partial charge in [-0.2, -0.15) is 0 Å². The van der Waals surface area contributed by atoms with Gasteiger partial charge >= 0.3 is 0 Å². The molecule has 10 aromatic rings. The Bertz CT molecular complexity index is 2830. The first kappa shape index (κ1) is 27.9. The number of nitrogens with zero attached hydrogens (tertiary/aromatic N) is 1. The molecule has 0 radical (unpaired) electrons. The number of benzene rings is 8. The molecule has 3 heteroatoms. The first-order valence-electron chi connectivity index (χ1n) is 16.6. The number of furan rings is 1. The van der Waals surface area contributed by atoms with Crippen molar-refractivity contribution in [3.8, 4) is 22.3 Å². The summed E-state index contributed by atoms with van der Waals surface area (Å²) in [7, 11) is 0. The lowest BCUT2D eigenvalue weighted by Crippen LogP contribution is -2.10. The van der Waals surface area contributed by atoms with Crippen molar-refractivity contribution in [3.63, 3.8) is 0 Å².